The van der Waals surface area contributed by atoms with Crippen LogP contribution in [-0.4, -0.2) is 26.3 Å². The average molecular weight is 462 g/mol. The largest absolute Gasteiger partial charge is 0.358 e. The van der Waals surface area contributed by atoms with Crippen molar-refractivity contribution in [2.75, 3.05) is 0 Å². The standard InChI is InChI=1S/C28H23N5O2/c1-16-24(20-10-2-4-11-22(20)30-16)26-25(27(34)32-28(26)35)21-15-33(23-12-5-3-9-19(21)23)14-18-8-6-7-17(13-29)31-18/h2-12,15,30H,13-14,29H2,1H3,(H,32,34,35). The van der Waals surface area contributed by atoms with E-state index in [0.717, 1.165) is 50.0 Å². The van der Waals surface area contributed by atoms with Gasteiger partial charge in [-0.05, 0) is 31.2 Å². The number of aromatic nitrogens is 3. The van der Waals surface area contributed by atoms with E-state index >= 15 is 0 Å². The second-order valence-electron chi connectivity index (χ2n) is 8.72. The summed E-state index contributed by atoms with van der Waals surface area (Å²) in [5, 5.41) is 4.34. The van der Waals surface area contributed by atoms with Gasteiger partial charge in [0.15, 0.2) is 0 Å². The topological polar surface area (TPSA) is 106 Å². The molecule has 0 radical (unpaired) electrons. The number of benzene rings is 2. The van der Waals surface area contributed by atoms with Gasteiger partial charge in [-0.25, -0.2) is 0 Å². The zero-order valence-electron chi connectivity index (χ0n) is 19.1. The summed E-state index contributed by atoms with van der Waals surface area (Å²) in [7, 11) is 0. The molecule has 1 aliphatic heterocycles. The molecule has 2 amide bonds. The van der Waals surface area contributed by atoms with Crippen molar-refractivity contribution in [3.05, 3.63) is 101 Å². The lowest BCUT2D eigenvalue weighted by molar-refractivity contribution is -0.122. The van der Waals surface area contributed by atoms with Crippen LogP contribution in [0.25, 0.3) is 33.0 Å². The van der Waals surface area contributed by atoms with Crippen LogP contribution in [-0.2, 0) is 22.7 Å². The Morgan fingerprint density at radius 1 is 0.857 bits per heavy atom. The number of rotatable bonds is 5. The van der Waals surface area contributed by atoms with Crippen LogP contribution in [0, 0.1) is 6.92 Å². The van der Waals surface area contributed by atoms with Crippen LogP contribution in [0.15, 0.2) is 72.9 Å². The number of nitrogens with two attached hydrogens (primary N) is 1. The summed E-state index contributed by atoms with van der Waals surface area (Å²) < 4.78 is 2.07. The molecular formula is C28H23N5O2. The van der Waals surface area contributed by atoms with Gasteiger partial charge in [0.2, 0.25) is 0 Å². The molecule has 0 bridgehead atoms. The van der Waals surface area contributed by atoms with Crippen molar-refractivity contribution in [2.24, 2.45) is 5.73 Å². The minimum absolute atomic E-state index is 0.369. The molecule has 5 aromatic rings. The van der Waals surface area contributed by atoms with Gasteiger partial charge >= 0.3 is 0 Å². The van der Waals surface area contributed by atoms with Gasteiger partial charge in [0.05, 0.1) is 29.1 Å². The molecule has 0 saturated carbocycles. The molecule has 2 aromatic carbocycles. The van der Waals surface area contributed by atoms with Gasteiger partial charge in [-0.2, -0.15) is 0 Å². The number of pyridine rings is 1. The molecule has 0 saturated heterocycles. The number of hydrogen-bond donors (Lipinski definition) is 3. The SMILES string of the molecule is Cc1[nH]c2ccccc2c1C1=C(c2cn(Cc3cccc(CN)n3)c3ccccc23)C(=O)NC1=O. The first-order valence-electron chi connectivity index (χ1n) is 11.5. The molecule has 3 aromatic heterocycles. The Labute approximate surface area is 201 Å². The van der Waals surface area contributed by atoms with E-state index in [1.807, 2.05) is 79.9 Å². The van der Waals surface area contributed by atoms with Crippen LogP contribution in [0.2, 0.25) is 0 Å². The zero-order valence-corrected chi connectivity index (χ0v) is 19.1. The monoisotopic (exact) mass is 461 g/mol. The Morgan fingerprint density at radius 3 is 2.40 bits per heavy atom. The molecule has 0 unspecified atom stereocenters. The number of carbonyl (C=O) groups excluding carboxylic acids is 2. The second kappa shape index (κ2) is 8.07. The maximum Gasteiger partial charge on any atom is 0.259 e. The number of nitrogens with one attached hydrogen (secondary N) is 2. The maximum absolute atomic E-state index is 13.2. The summed E-state index contributed by atoms with van der Waals surface area (Å²) in [5.41, 5.74) is 12.5. The highest BCUT2D eigenvalue weighted by Crippen LogP contribution is 2.39. The number of aromatic amines is 1. The summed E-state index contributed by atoms with van der Waals surface area (Å²) in [6.45, 7) is 2.81. The van der Waals surface area contributed by atoms with Crippen molar-refractivity contribution in [1.29, 1.82) is 0 Å². The van der Waals surface area contributed by atoms with E-state index in [-0.39, 0.29) is 11.8 Å². The molecule has 0 fully saturated rings. The smallest absolute Gasteiger partial charge is 0.259 e. The molecule has 0 aliphatic carbocycles. The van der Waals surface area contributed by atoms with E-state index in [2.05, 4.69) is 19.9 Å². The van der Waals surface area contributed by atoms with Crippen LogP contribution in [0.3, 0.4) is 0 Å². The maximum atomic E-state index is 13.2. The molecule has 6 rings (SSSR count). The van der Waals surface area contributed by atoms with E-state index < -0.39 is 0 Å². The number of carbonyl (C=O) groups is 2. The van der Waals surface area contributed by atoms with Crippen molar-refractivity contribution in [3.63, 3.8) is 0 Å². The third kappa shape index (κ3) is 3.36. The average Bonchev–Trinajstić information content (AvgIpc) is 3.48. The first-order valence-corrected chi connectivity index (χ1v) is 11.5. The molecule has 172 valence electrons. The fourth-order valence-corrected chi connectivity index (χ4v) is 5.03. The fourth-order valence-electron chi connectivity index (χ4n) is 5.03. The number of imide groups is 1. The van der Waals surface area contributed by atoms with Crippen molar-refractivity contribution in [1.82, 2.24) is 19.9 Å². The Morgan fingerprint density at radius 2 is 1.57 bits per heavy atom. The molecular weight excluding hydrogens is 438 g/mol. The van der Waals surface area contributed by atoms with Crippen LogP contribution >= 0.6 is 0 Å². The number of para-hydroxylation sites is 2. The Kier molecular flexibility index (Phi) is 4.86. The lowest BCUT2D eigenvalue weighted by Gasteiger charge is -2.06. The summed E-state index contributed by atoms with van der Waals surface area (Å²) >= 11 is 0. The Bertz CT molecular complexity index is 1690. The van der Waals surface area contributed by atoms with Gasteiger partial charge in [0.25, 0.3) is 11.8 Å². The zero-order chi connectivity index (χ0) is 24.1. The normalized spacial score (nSPS) is 13.9. The molecule has 7 heteroatoms. The molecule has 1 aliphatic rings. The van der Waals surface area contributed by atoms with Crippen LogP contribution < -0.4 is 11.1 Å². The van der Waals surface area contributed by atoms with Crippen LogP contribution in [0.1, 0.15) is 28.2 Å². The van der Waals surface area contributed by atoms with E-state index in [1.54, 1.807) is 0 Å². The third-order valence-electron chi connectivity index (χ3n) is 6.54. The highest BCUT2D eigenvalue weighted by molar-refractivity contribution is 6.51. The second-order valence-corrected chi connectivity index (χ2v) is 8.72. The molecule has 4 heterocycles. The Balaban J connectivity index is 1.58. The third-order valence-corrected chi connectivity index (χ3v) is 6.54. The highest BCUT2D eigenvalue weighted by atomic mass is 16.2. The molecule has 35 heavy (non-hydrogen) atoms. The van der Waals surface area contributed by atoms with Crippen LogP contribution in [0.4, 0.5) is 0 Å². The molecule has 0 spiro atoms. The van der Waals surface area contributed by atoms with Crippen LogP contribution in [0.5, 0.6) is 0 Å². The predicted octanol–water partition coefficient (Wildman–Crippen LogP) is 3.90. The van der Waals surface area contributed by atoms with Gasteiger partial charge in [0, 0.05) is 51.4 Å². The summed E-state index contributed by atoms with van der Waals surface area (Å²) in [5.74, 6) is -0.771. The number of amides is 2. The van der Waals surface area contributed by atoms with Gasteiger partial charge in [-0.1, -0.05) is 42.5 Å². The minimum Gasteiger partial charge on any atom is -0.358 e. The number of hydrogen-bond acceptors (Lipinski definition) is 4. The highest BCUT2D eigenvalue weighted by Gasteiger charge is 2.35. The van der Waals surface area contributed by atoms with Crippen molar-refractivity contribution in [3.8, 4) is 0 Å². The number of H-pyrrole nitrogens is 1. The number of nitrogens with zero attached hydrogens (tertiary/aromatic N) is 2. The van der Waals surface area contributed by atoms with Gasteiger partial charge in [0.1, 0.15) is 0 Å². The number of fused-ring (bicyclic) bond motifs is 2. The lowest BCUT2D eigenvalue weighted by Crippen LogP contribution is -2.22. The summed E-state index contributed by atoms with van der Waals surface area (Å²) in [6.07, 6.45) is 1.94. The van der Waals surface area contributed by atoms with E-state index in [1.165, 1.54) is 0 Å². The molecule has 0 atom stereocenters. The van der Waals surface area contributed by atoms with E-state index in [0.29, 0.717) is 24.2 Å². The molecule has 4 N–H and O–H groups in total. The van der Waals surface area contributed by atoms with Crippen molar-refractivity contribution < 1.29 is 9.59 Å². The Hall–Kier alpha value is -4.49. The molecule has 7 nitrogen and oxygen atoms in total. The fraction of sp³-hybridized carbons (Fsp3) is 0.107. The van der Waals surface area contributed by atoms with Gasteiger partial charge < -0.3 is 15.3 Å². The quantitative estimate of drug-likeness (QED) is 0.345. The summed E-state index contributed by atoms with van der Waals surface area (Å²) in [6, 6.07) is 21.5. The lowest BCUT2D eigenvalue weighted by atomic mass is 9.94. The minimum atomic E-state index is -0.388. The van der Waals surface area contributed by atoms with Gasteiger partial charge in [-0.15, -0.1) is 0 Å². The van der Waals surface area contributed by atoms with E-state index in [4.69, 9.17) is 5.73 Å². The van der Waals surface area contributed by atoms with Gasteiger partial charge in [-0.3, -0.25) is 19.9 Å². The number of aryl methyl sites for hydroxylation is 1. The first kappa shape index (κ1) is 21.1. The first-order chi connectivity index (χ1) is 17.0. The predicted molar refractivity (Wildman–Crippen MR) is 136 cm³/mol. The van der Waals surface area contributed by atoms with Crippen molar-refractivity contribution >= 4 is 44.8 Å². The summed E-state index contributed by atoms with van der Waals surface area (Å²) in [4.78, 5) is 34.3. The van der Waals surface area contributed by atoms with E-state index in [9.17, 15) is 9.59 Å². The van der Waals surface area contributed by atoms with Crippen molar-refractivity contribution in [2.45, 2.75) is 20.0 Å².